The van der Waals surface area contributed by atoms with Crippen LogP contribution in [0.4, 0.5) is 4.39 Å². The van der Waals surface area contributed by atoms with Crippen molar-refractivity contribution in [3.8, 4) is 0 Å². The molecular weight excluding hydrogens is 233 g/mol. The van der Waals surface area contributed by atoms with Crippen molar-refractivity contribution in [3.63, 3.8) is 0 Å². The van der Waals surface area contributed by atoms with Gasteiger partial charge in [-0.3, -0.25) is 0 Å². The third-order valence-electron chi connectivity index (χ3n) is 1.78. The summed E-state index contributed by atoms with van der Waals surface area (Å²) in [5.74, 6) is 1.09. The second-order valence-electron chi connectivity index (χ2n) is 4.18. The van der Waals surface area contributed by atoms with Crippen LogP contribution in [0.2, 0.25) is 5.02 Å². The fourth-order valence-electron chi connectivity index (χ4n) is 1.09. The highest BCUT2D eigenvalue weighted by Gasteiger charge is 2.12. The monoisotopic (exact) mass is 247 g/mol. The van der Waals surface area contributed by atoms with E-state index in [4.69, 9.17) is 17.3 Å². The smallest absolute Gasteiger partial charge is 0.128 e. The Hall–Kier alpha value is -0.250. The van der Waals surface area contributed by atoms with Crippen LogP contribution >= 0.6 is 23.4 Å². The van der Waals surface area contributed by atoms with Gasteiger partial charge in [0.05, 0.1) is 0 Å². The van der Waals surface area contributed by atoms with E-state index in [1.807, 2.05) is 13.8 Å². The normalized spacial score (nSPS) is 11.8. The molecule has 0 amide bonds. The summed E-state index contributed by atoms with van der Waals surface area (Å²) < 4.78 is 13.3. The maximum atomic E-state index is 13.3. The zero-order valence-electron chi connectivity index (χ0n) is 8.89. The molecule has 84 valence electrons. The van der Waals surface area contributed by atoms with Gasteiger partial charge in [-0.15, -0.1) is 0 Å². The number of hydrogen-bond donors (Lipinski definition) is 1. The number of halogens is 2. The van der Waals surface area contributed by atoms with Gasteiger partial charge >= 0.3 is 0 Å². The first-order valence-corrected chi connectivity index (χ1v) is 6.23. The van der Waals surface area contributed by atoms with Crippen LogP contribution in [-0.4, -0.2) is 11.3 Å². The molecular formula is C11H15ClFNS. The van der Waals surface area contributed by atoms with Crippen molar-refractivity contribution < 1.29 is 4.39 Å². The van der Waals surface area contributed by atoms with Gasteiger partial charge in [0.15, 0.2) is 0 Å². The standard InChI is InChI=1S/C11H15ClFNS/c1-11(2,14)7-15-6-8-9(12)4-3-5-10(8)13/h3-5H,6-7,14H2,1-2H3. The van der Waals surface area contributed by atoms with E-state index in [0.29, 0.717) is 16.3 Å². The Bertz CT molecular complexity index is 316. The van der Waals surface area contributed by atoms with E-state index in [0.717, 1.165) is 5.75 Å². The molecule has 1 aromatic carbocycles. The van der Waals surface area contributed by atoms with Gasteiger partial charge in [-0.2, -0.15) is 11.8 Å². The molecule has 1 nitrogen and oxygen atoms in total. The van der Waals surface area contributed by atoms with Crippen molar-refractivity contribution >= 4 is 23.4 Å². The van der Waals surface area contributed by atoms with Crippen LogP contribution in [-0.2, 0) is 5.75 Å². The number of benzene rings is 1. The summed E-state index contributed by atoms with van der Waals surface area (Å²) in [4.78, 5) is 0. The molecule has 0 atom stereocenters. The summed E-state index contributed by atoms with van der Waals surface area (Å²) in [7, 11) is 0. The Balaban J connectivity index is 2.58. The Morgan fingerprint density at radius 2 is 2.13 bits per heavy atom. The van der Waals surface area contributed by atoms with Crippen molar-refractivity contribution in [1.29, 1.82) is 0 Å². The van der Waals surface area contributed by atoms with Crippen LogP contribution in [0.1, 0.15) is 19.4 Å². The highest BCUT2D eigenvalue weighted by atomic mass is 35.5. The first-order valence-electron chi connectivity index (χ1n) is 4.70. The summed E-state index contributed by atoms with van der Waals surface area (Å²) in [6.07, 6.45) is 0. The molecule has 0 spiro atoms. The van der Waals surface area contributed by atoms with Crippen LogP contribution in [0.3, 0.4) is 0 Å². The van der Waals surface area contributed by atoms with Crippen LogP contribution in [0.15, 0.2) is 18.2 Å². The van der Waals surface area contributed by atoms with Gasteiger partial charge in [0.25, 0.3) is 0 Å². The minimum Gasteiger partial charge on any atom is -0.325 e. The second kappa shape index (κ2) is 5.19. The van der Waals surface area contributed by atoms with E-state index in [-0.39, 0.29) is 11.4 Å². The zero-order valence-corrected chi connectivity index (χ0v) is 10.5. The predicted molar refractivity (Wildman–Crippen MR) is 65.8 cm³/mol. The van der Waals surface area contributed by atoms with Gasteiger partial charge in [0.1, 0.15) is 5.82 Å². The average molecular weight is 248 g/mol. The van der Waals surface area contributed by atoms with Crippen LogP contribution in [0.25, 0.3) is 0 Å². The highest BCUT2D eigenvalue weighted by Crippen LogP contribution is 2.25. The molecule has 0 bridgehead atoms. The fourth-order valence-corrected chi connectivity index (χ4v) is 2.52. The van der Waals surface area contributed by atoms with Crippen LogP contribution < -0.4 is 5.73 Å². The first kappa shape index (κ1) is 12.8. The summed E-state index contributed by atoms with van der Waals surface area (Å²) >= 11 is 7.49. The van der Waals surface area contributed by atoms with Crippen LogP contribution in [0, 0.1) is 5.82 Å². The van der Waals surface area contributed by atoms with Crippen molar-refractivity contribution in [2.75, 3.05) is 5.75 Å². The van der Waals surface area contributed by atoms with E-state index in [2.05, 4.69) is 0 Å². The zero-order chi connectivity index (χ0) is 11.5. The molecule has 0 saturated carbocycles. The van der Waals surface area contributed by atoms with Gasteiger partial charge in [-0.25, -0.2) is 4.39 Å². The largest absolute Gasteiger partial charge is 0.325 e. The lowest BCUT2D eigenvalue weighted by molar-refractivity contribution is 0.590. The lowest BCUT2D eigenvalue weighted by Gasteiger charge is -2.17. The molecule has 2 N–H and O–H groups in total. The number of hydrogen-bond acceptors (Lipinski definition) is 2. The van der Waals surface area contributed by atoms with Gasteiger partial charge in [-0.1, -0.05) is 17.7 Å². The summed E-state index contributed by atoms with van der Waals surface area (Å²) in [5.41, 5.74) is 6.16. The molecule has 0 radical (unpaired) electrons. The van der Waals surface area contributed by atoms with Crippen LogP contribution in [0.5, 0.6) is 0 Å². The lowest BCUT2D eigenvalue weighted by Crippen LogP contribution is -2.34. The fraction of sp³-hybridized carbons (Fsp3) is 0.455. The molecule has 0 aliphatic heterocycles. The van der Waals surface area contributed by atoms with E-state index in [1.165, 1.54) is 6.07 Å². The molecule has 1 rings (SSSR count). The highest BCUT2D eigenvalue weighted by molar-refractivity contribution is 7.98. The lowest BCUT2D eigenvalue weighted by atomic mass is 10.1. The maximum absolute atomic E-state index is 13.3. The molecule has 4 heteroatoms. The molecule has 15 heavy (non-hydrogen) atoms. The quantitative estimate of drug-likeness (QED) is 0.882. The van der Waals surface area contributed by atoms with Crippen molar-refractivity contribution in [2.24, 2.45) is 5.73 Å². The van der Waals surface area contributed by atoms with Gasteiger partial charge in [-0.05, 0) is 26.0 Å². The molecule has 0 aliphatic carbocycles. The summed E-state index contributed by atoms with van der Waals surface area (Å²) in [6.45, 7) is 3.89. The van der Waals surface area contributed by atoms with E-state index in [1.54, 1.807) is 23.9 Å². The summed E-state index contributed by atoms with van der Waals surface area (Å²) in [5, 5.41) is 0.484. The average Bonchev–Trinajstić information content (AvgIpc) is 2.08. The first-order chi connectivity index (χ1) is 6.90. The topological polar surface area (TPSA) is 26.0 Å². The molecule has 1 aromatic rings. The van der Waals surface area contributed by atoms with Crippen molar-refractivity contribution in [2.45, 2.75) is 25.1 Å². The Morgan fingerprint density at radius 3 is 2.67 bits per heavy atom. The molecule has 0 aromatic heterocycles. The minimum atomic E-state index is -0.246. The number of rotatable bonds is 4. The third kappa shape index (κ3) is 4.41. The van der Waals surface area contributed by atoms with E-state index < -0.39 is 0 Å². The predicted octanol–water partition coefficient (Wildman–Crippen LogP) is 3.45. The van der Waals surface area contributed by atoms with Gasteiger partial charge in [0, 0.05) is 27.6 Å². The molecule has 0 saturated heterocycles. The number of nitrogens with two attached hydrogens (primary N) is 1. The SMILES string of the molecule is CC(C)(N)CSCc1c(F)cccc1Cl. The summed E-state index contributed by atoms with van der Waals surface area (Å²) in [6, 6.07) is 4.74. The number of thioether (sulfide) groups is 1. The van der Waals surface area contributed by atoms with Gasteiger partial charge in [0.2, 0.25) is 0 Å². The molecule has 0 heterocycles. The van der Waals surface area contributed by atoms with E-state index >= 15 is 0 Å². The second-order valence-corrected chi connectivity index (χ2v) is 5.57. The minimum absolute atomic E-state index is 0.234. The van der Waals surface area contributed by atoms with Crippen molar-refractivity contribution in [3.05, 3.63) is 34.6 Å². The van der Waals surface area contributed by atoms with Gasteiger partial charge < -0.3 is 5.73 Å². The van der Waals surface area contributed by atoms with Crippen molar-refractivity contribution in [1.82, 2.24) is 0 Å². The molecule has 0 unspecified atom stereocenters. The van der Waals surface area contributed by atoms with E-state index in [9.17, 15) is 4.39 Å². The Kier molecular flexibility index (Phi) is 4.44. The Labute approximate surface area is 99.2 Å². The third-order valence-corrected chi connectivity index (χ3v) is 3.58. The maximum Gasteiger partial charge on any atom is 0.128 e. The molecule has 0 aliphatic rings. The Morgan fingerprint density at radius 1 is 1.47 bits per heavy atom. The molecule has 0 fully saturated rings.